The van der Waals surface area contributed by atoms with Crippen LogP contribution in [0, 0.1) is 0 Å². The monoisotopic (exact) mass is 402 g/mol. The van der Waals surface area contributed by atoms with Gasteiger partial charge in [-0.2, -0.15) is 0 Å². The second-order valence-corrected chi connectivity index (χ2v) is 6.93. The average molecular weight is 402 g/mol. The predicted octanol–water partition coefficient (Wildman–Crippen LogP) is 5.44. The van der Waals surface area contributed by atoms with E-state index in [-0.39, 0.29) is 11.8 Å². The van der Waals surface area contributed by atoms with Gasteiger partial charge in [-0.1, -0.05) is 60.7 Å². The number of carbonyl (C=O) groups is 2. The first kappa shape index (κ1) is 21.1. The Morgan fingerprint density at radius 2 is 1.40 bits per heavy atom. The number of benzene rings is 3. The lowest BCUT2D eigenvalue weighted by Gasteiger charge is -2.19. The minimum Gasteiger partial charge on any atom is -0.449 e. The summed E-state index contributed by atoms with van der Waals surface area (Å²) in [7, 11) is 1.65. The normalized spacial score (nSPS) is 10.5. The van der Waals surface area contributed by atoms with Crippen LogP contribution in [-0.2, 0) is 9.53 Å². The van der Waals surface area contributed by atoms with Crippen molar-refractivity contribution < 1.29 is 14.3 Å². The highest BCUT2D eigenvalue weighted by atomic mass is 16.6. The fourth-order valence-electron chi connectivity index (χ4n) is 3.29. The summed E-state index contributed by atoms with van der Waals surface area (Å²) < 4.78 is 5.00. The summed E-state index contributed by atoms with van der Waals surface area (Å²) in [6, 6.07) is 27.2. The summed E-state index contributed by atoms with van der Waals surface area (Å²) in [5.74, 6) is -0.0965. The van der Waals surface area contributed by atoms with Gasteiger partial charge < -0.3 is 10.1 Å². The van der Waals surface area contributed by atoms with Gasteiger partial charge in [-0.15, -0.1) is 0 Å². The van der Waals surface area contributed by atoms with Gasteiger partial charge in [0.2, 0.25) is 5.91 Å². The molecule has 0 bridgehead atoms. The van der Waals surface area contributed by atoms with E-state index in [1.165, 1.54) is 4.90 Å². The van der Waals surface area contributed by atoms with Crippen LogP contribution in [0.4, 0.5) is 16.2 Å². The molecule has 0 aliphatic rings. The SMILES string of the molecule is CCOC(=O)N(C)c1ccc(NC(=O)CC(c2ccccc2)c2ccccc2)cc1. The summed E-state index contributed by atoms with van der Waals surface area (Å²) in [5, 5.41) is 2.96. The lowest BCUT2D eigenvalue weighted by Crippen LogP contribution is -2.26. The van der Waals surface area contributed by atoms with Crippen molar-refractivity contribution in [3.63, 3.8) is 0 Å². The minimum absolute atomic E-state index is 0.0263. The van der Waals surface area contributed by atoms with Crippen molar-refractivity contribution in [3.8, 4) is 0 Å². The molecule has 3 aromatic rings. The quantitative estimate of drug-likeness (QED) is 0.572. The van der Waals surface area contributed by atoms with Crippen molar-refractivity contribution in [2.45, 2.75) is 19.3 Å². The van der Waals surface area contributed by atoms with Gasteiger partial charge in [0, 0.05) is 30.8 Å². The van der Waals surface area contributed by atoms with Crippen molar-refractivity contribution >= 4 is 23.4 Å². The zero-order valence-electron chi connectivity index (χ0n) is 17.2. The van der Waals surface area contributed by atoms with Crippen molar-refractivity contribution in [1.29, 1.82) is 0 Å². The molecule has 0 radical (unpaired) electrons. The Morgan fingerprint density at radius 1 is 0.867 bits per heavy atom. The third-order valence-electron chi connectivity index (χ3n) is 4.87. The van der Waals surface area contributed by atoms with E-state index in [1.807, 2.05) is 60.7 Å². The fraction of sp³-hybridized carbons (Fsp3) is 0.200. The standard InChI is InChI=1S/C25H26N2O3/c1-3-30-25(29)27(2)22-16-14-21(15-17-22)26-24(28)18-23(19-10-6-4-7-11-19)20-12-8-5-9-13-20/h4-17,23H,3,18H2,1-2H3,(H,26,28). The summed E-state index contributed by atoms with van der Waals surface area (Å²) in [6.45, 7) is 2.09. The lowest BCUT2D eigenvalue weighted by molar-refractivity contribution is -0.116. The first-order valence-corrected chi connectivity index (χ1v) is 9.98. The van der Waals surface area contributed by atoms with Crippen LogP contribution >= 0.6 is 0 Å². The van der Waals surface area contributed by atoms with Crippen molar-refractivity contribution in [2.24, 2.45) is 0 Å². The maximum atomic E-state index is 12.8. The molecule has 0 fully saturated rings. The minimum atomic E-state index is -0.414. The van der Waals surface area contributed by atoms with Crippen LogP contribution in [0.1, 0.15) is 30.4 Å². The number of carbonyl (C=O) groups excluding carboxylic acids is 2. The largest absolute Gasteiger partial charge is 0.449 e. The van der Waals surface area contributed by atoms with Gasteiger partial charge >= 0.3 is 6.09 Å². The smallest absolute Gasteiger partial charge is 0.413 e. The van der Waals surface area contributed by atoms with Crippen LogP contribution in [0.2, 0.25) is 0 Å². The number of ether oxygens (including phenoxy) is 1. The molecule has 0 spiro atoms. The fourth-order valence-corrected chi connectivity index (χ4v) is 3.29. The molecule has 0 atom stereocenters. The molecule has 0 aliphatic heterocycles. The molecule has 0 saturated carbocycles. The number of hydrogen-bond donors (Lipinski definition) is 1. The van der Waals surface area contributed by atoms with Gasteiger partial charge in [0.1, 0.15) is 0 Å². The second kappa shape index (κ2) is 10.3. The molecule has 0 saturated heterocycles. The van der Waals surface area contributed by atoms with Crippen LogP contribution in [0.5, 0.6) is 0 Å². The topological polar surface area (TPSA) is 58.6 Å². The molecular weight excluding hydrogens is 376 g/mol. The van der Waals surface area contributed by atoms with Gasteiger partial charge in [-0.05, 0) is 42.3 Å². The van der Waals surface area contributed by atoms with Gasteiger partial charge in [0.05, 0.1) is 6.61 Å². The van der Waals surface area contributed by atoms with E-state index in [2.05, 4.69) is 5.32 Å². The number of nitrogens with one attached hydrogen (secondary N) is 1. The number of amides is 2. The van der Waals surface area contributed by atoms with Crippen molar-refractivity contribution in [1.82, 2.24) is 0 Å². The summed E-state index contributed by atoms with van der Waals surface area (Å²) in [5.41, 5.74) is 3.58. The number of anilines is 2. The first-order chi connectivity index (χ1) is 14.6. The Kier molecular flexibility index (Phi) is 7.22. The van der Waals surface area contributed by atoms with Crippen LogP contribution in [-0.4, -0.2) is 25.7 Å². The summed E-state index contributed by atoms with van der Waals surface area (Å²) in [6.07, 6.45) is -0.0822. The maximum absolute atomic E-state index is 12.8. The Bertz CT molecular complexity index is 917. The third-order valence-corrected chi connectivity index (χ3v) is 4.87. The molecule has 2 amide bonds. The van der Waals surface area contributed by atoms with Gasteiger partial charge in [-0.25, -0.2) is 4.79 Å². The molecular formula is C25H26N2O3. The van der Waals surface area contributed by atoms with Gasteiger partial charge in [0.15, 0.2) is 0 Å². The van der Waals surface area contributed by atoms with Crippen LogP contribution < -0.4 is 10.2 Å². The average Bonchev–Trinajstić information content (AvgIpc) is 2.79. The van der Waals surface area contributed by atoms with E-state index in [1.54, 1.807) is 38.2 Å². The van der Waals surface area contributed by atoms with Gasteiger partial charge in [-0.3, -0.25) is 9.69 Å². The first-order valence-electron chi connectivity index (χ1n) is 9.98. The molecule has 5 heteroatoms. The van der Waals surface area contributed by atoms with E-state index in [0.29, 0.717) is 24.4 Å². The molecule has 0 unspecified atom stereocenters. The van der Waals surface area contributed by atoms with E-state index >= 15 is 0 Å². The number of rotatable bonds is 7. The van der Waals surface area contributed by atoms with Crippen molar-refractivity contribution in [2.75, 3.05) is 23.9 Å². The molecule has 3 aromatic carbocycles. The summed E-state index contributed by atoms with van der Waals surface area (Å²) >= 11 is 0. The Balaban J connectivity index is 1.69. The molecule has 0 aromatic heterocycles. The maximum Gasteiger partial charge on any atom is 0.413 e. The van der Waals surface area contributed by atoms with Crippen molar-refractivity contribution in [3.05, 3.63) is 96.1 Å². The van der Waals surface area contributed by atoms with E-state index < -0.39 is 6.09 Å². The Hall–Kier alpha value is -3.60. The Labute approximate surface area is 177 Å². The zero-order valence-corrected chi connectivity index (χ0v) is 17.2. The molecule has 0 aliphatic carbocycles. The second-order valence-electron chi connectivity index (χ2n) is 6.93. The van der Waals surface area contributed by atoms with E-state index in [4.69, 9.17) is 4.74 Å². The van der Waals surface area contributed by atoms with Crippen LogP contribution in [0.3, 0.4) is 0 Å². The van der Waals surface area contributed by atoms with E-state index in [9.17, 15) is 9.59 Å². The van der Waals surface area contributed by atoms with Crippen LogP contribution in [0.25, 0.3) is 0 Å². The number of hydrogen-bond acceptors (Lipinski definition) is 3. The molecule has 0 heterocycles. The highest BCUT2D eigenvalue weighted by molar-refractivity contribution is 5.92. The van der Waals surface area contributed by atoms with Gasteiger partial charge in [0.25, 0.3) is 0 Å². The molecule has 3 rings (SSSR count). The van der Waals surface area contributed by atoms with Crippen LogP contribution in [0.15, 0.2) is 84.9 Å². The molecule has 1 N–H and O–H groups in total. The zero-order chi connectivity index (χ0) is 21.3. The Morgan fingerprint density at radius 3 is 1.90 bits per heavy atom. The predicted molar refractivity (Wildman–Crippen MR) is 120 cm³/mol. The molecule has 154 valence electrons. The number of nitrogens with zero attached hydrogens (tertiary/aromatic N) is 1. The molecule has 30 heavy (non-hydrogen) atoms. The lowest BCUT2D eigenvalue weighted by atomic mass is 9.88. The van der Waals surface area contributed by atoms with E-state index in [0.717, 1.165) is 11.1 Å². The molecule has 5 nitrogen and oxygen atoms in total. The third kappa shape index (κ3) is 5.47. The summed E-state index contributed by atoms with van der Waals surface area (Å²) in [4.78, 5) is 26.0. The highest BCUT2D eigenvalue weighted by Crippen LogP contribution is 2.28. The highest BCUT2D eigenvalue weighted by Gasteiger charge is 2.18.